The molecule has 16 heavy (non-hydrogen) atoms. The number of nitrogens with two attached hydrogens (primary N) is 1. The first-order chi connectivity index (χ1) is 7.60. The highest BCUT2D eigenvalue weighted by Gasteiger charge is 2.26. The maximum Gasteiger partial charge on any atom is 0.155 e. The Morgan fingerprint density at radius 3 is 2.75 bits per heavy atom. The van der Waals surface area contributed by atoms with Crippen molar-refractivity contribution >= 4 is 23.4 Å². The van der Waals surface area contributed by atoms with Crippen LogP contribution in [0.3, 0.4) is 0 Å². The van der Waals surface area contributed by atoms with Crippen molar-refractivity contribution in [2.45, 2.75) is 30.2 Å². The molecule has 0 aromatic heterocycles. The summed E-state index contributed by atoms with van der Waals surface area (Å²) in [7, 11) is 0. The number of hydrogen-bond donors (Lipinski definition) is 1. The molecule has 0 spiro atoms. The lowest BCUT2D eigenvalue weighted by Gasteiger charge is -2.32. The molecule has 1 saturated carbocycles. The number of halogens is 2. The van der Waals surface area contributed by atoms with Crippen LogP contribution in [0, 0.1) is 11.7 Å². The van der Waals surface area contributed by atoms with Gasteiger partial charge in [-0.1, -0.05) is 11.6 Å². The van der Waals surface area contributed by atoms with E-state index in [-0.39, 0.29) is 10.8 Å². The largest absolute Gasteiger partial charge is 0.328 e. The molecule has 2 N–H and O–H groups in total. The average Bonchev–Trinajstić information content (AvgIpc) is 2.21. The van der Waals surface area contributed by atoms with Crippen LogP contribution in [0.1, 0.15) is 18.4 Å². The fourth-order valence-electron chi connectivity index (χ4n) is 2.17. The predicted molar refractivity (Wildman–Crippen MR) is 67.6 cm³/mol. The zero-order chi connectivity index (χ0) is 11.7. The van der Waals surface area contributed by atoms with Gasteiger partial charge < -0.3 is 5.73 Å². The van der Waals surface area contributed by atoms with Gasteiger partial charge >= 0.3 is 0 Å². The van der Waals surface area contributed by atoms with Crippen LogP contribution in [0.4, 0.5) is 4.39 Å². The number of hydrogen-bond acceptors (Lipinski definition) is 2. The van der Waals surface area contributed by atoms with Gasteiger partial charge in [-0.25, -0.2) is 4.39 Å². The molecule has 0 amide bonds. The zero-order valence-corrected chi connectivity index (χ0v) is 10.7. The topological polar surface area (TPSA) is 26.0 Å². The van der Waals surface area contributed by atoms with E-state index in [4.69, 9.17) is 17.3 Å². The smallest absolute Gasteiger partial charge is 0.155 e. The van der Waals surface area contributed by atoms with Crippen LogP contribution in [0.15, 0.2) is 17.0 Å². The fourth-order valence-corrected chi connectivity index (χ4v) is 3.03. The first kappa shape index (κ1) is 12.2. The van der Waals surface area contributed by atoms with E-state index >= 15 is 0 Å². The lowest BCUT2D eigenvalue weighted by molar-refractivity contribution is 0.264. The quantitative estimate of drug-likeness (QED) is 0.841. The van der Waals surface area contributed by atoms with Gasteiger partial charge in [0.1, 0.15) is 0 Å². The second kappa shape index (κ2) is 4.94. The molecule has 1 fully saturated rings. The van der Waals surface area contributed by atoms with E-state index in [1.165, 1.54) is 11.8 Å². The molecular weight excluding hydrogens is 245 g/mol. The summed E-state index contributed by atoms with van der Waals surface area (Å²) in [5, 5.41) is 0.227. The standard InChI is InChI=1S/C12H15ClFNS/c1-16-11-6-8(5-10(13)12(11)14)2-7-3-9(15)4-7/h5-7,9H,2-4,15H2,1H3. The minimum atomic E-state index is -0.303. The maximum atomic E-state index is 13.5. The molecule has 0 aliphatic heterocycles. The monoisotopic (exact) mass is 259 g/mol. The third-order valence-electron chi connectivity index (χ3n) is 3.07. The van der Waals surface area contributed by atoms with Crippen molar-refractivity contribution in [3.05, 3.63) is 28.5 Å². The maximum absolute atomic E-state index is 13.5. The number of benzene rings is 1. The molecule has 1 aliphatic rings. The van der Waals surface area contributed by atoms with E-state index in [0.29, 0.717) is 16.9 Å². The molecule has 0 heterocycles. The van der Waals surface area contributed by atoms with Crippen molar-refractivity contribution in [1.29, 1.82) is 0 Å². The van der Waals surface area contributed by atoms with Gasteiger partial charge in [-0.3, -0.25) is 0 Å². The van der Waals surface area contributed by atoms with E-state index in [1.807, 2.05) is 12.3 Å². The zero-order valence-electron chi connectivity index (χ0n) is 9.17. The summed E-state index contributed by atoms with van der Waals surface area (Å²) < 4.78 is 13.5. The van der Waals surface area contributed by atoms with Gasteiger partial charge in [0.2, 0.25) is 0 Å². The van der Waals surface area contributed by atoms with Gasteiger partial charge in [-0.05, 0) is 49.1 Å². The van der Waals surface area contributed by atoms with Crippen LogP contribution in [-0.4, -0.2) is 12.3 Å². The van der Waals surface area contributed by atoms with Crippen LogP contribution < -0.4 is 5.73 Å². The van der Waals surface area contributed by atoms with Gasteiger partial charge in [0, 0.05) is 10.9 Å². The highest BCUT2D eigenvalue weighted by atomic mass is 35.5. The average molecular weight is 260 g/mol. The molecule has 1 aromatic carbocycles. The molecular formula is C12H15ClFNS. The molecule has 0 bridgehead atoms. The Kier molecular flexibility index (Phi) is 3.77. The molecule has 0 atom stereocenters. The SMILES string of the molecule is CSc1cc(CC2CC(N)C2)cc(Cl)c1F. The second-order valence-corrected chi connectivity index (χ2v) is 5.65. The van der Waals surface area contributed by atoms with Crippen LogP contribution in [0.25, 0.3) is 0 Å². The van der Waals surface area contributed by atoms with Crippen molar-refractivity contribution in [2.24, 2.45) is 11.7 Å². The third-order valence-corrected chi connectivity index (χ3v) is 4.08. The summed E-state index contributed by atoms with van der Waals surface area (Å²) in [6.07, 6.45) is 4.96. The molecule has 88 valence electrons. The first-order valence-corrected chi connectivity index (χ1v) is 6.98. The molecule has 2 rings (SSSR count). The van der Waals surface area contributed by atoms with Gasteiger partial charge in [0.05, 0.1) is 5.02 Å². The molecule has 0 radical (unpaired) electrons. The van der Waals surface area contributed by atoms with E-state index in [2.05, 4.69) is 0 Å². The molecule has 0 unspecified atom stereocenters. The summed E-state index contributed by atoms with van der Waals surface area (Å²) >= 11 is 7.25. The Balaban J connectivity index is 2.12. The number of rotatable bonds is 3. The van der Waals surface area contributed by atoms with Crippen LogP contribution in [0.5, 0.6) is 0 Å². The van der Waals surface area contributed by atoms with Crippen LogP contribution in [0.2, 0.25) is 5.02 Å². The predicted octanol–water partition coefficient (Wildman–Crippen LogP) is 3.48. The van der Waals surface area contributed by atoms with E-state index in [9.17, 15) is 4.39 Å². The summed E-state index contributed by atoms with van der Waals surface area (Å²) in [4.78, 5) is 0.631. The van der Waals surface area contributed by atoms with Crippen molar-refractivity contribution in [3.8, 4) is 0 Å². The normalized spacial score (nSPS) is 24.2. The Labute approximate surface area is 105 Å². The molecule has 4 heteroatoms. The van der Waals surface area contributed by atoms with Crippen molar-refractivity contribution in [3.63, 3.8) is 0 Å². The van der Waals surface area contributed by atoms with Crippen LogP contribution >= 0.6 is 23.4 Å². The van der Waals surface area contributed by atoms with Crippen LogP contribution in [-0.2, 0) is 6.42 Å². The summed E-state index contributed by atoms with van der Waals surface area (Å²) in [6.45, 7) is 0. The van der Waals surface area contributed by atoms with Gasteiger partial charge in [-0.15, -0.1) is 11.8 Å². The summed E-state index contributed by atoms with van der Waals surface area (Å²) in [6, 6.07) is 4.00. The Morgan fingerprint density at radius 2 is 2.19 bits per heavy atom. The second-order valence-electron chi connectivity index (χ2n) is 4.40. The molecule has 1 nitrogen and oxygen atoms in total. The van der Waals surface area contributed by atoms with Crippen molar-refractivity contribution in [1.82, 2.24) is 0 Å². The van der Waals surface area contributed by atoms with E-state index in [1.54, 1.807) is 6.07 Å². The summed E-state index contributed by atoms with van der Waals surface area (Å²) in [5.41, 5.74) is 6.86. The van der Waals surface area contributed by atoms with E-state index in [0.717, 1.165) is 24.8 Å². The fraction of sp³-hybridized carbons (Fsp3) is 0.500. The minimum absolute atomic E-state index is 0.227. The van der Waals surface area contributed by atoms with Gasteiger partial charge in [-0.2, -0.15) is 0 Å². The van der Waals surface area contributed by atoms with E-state index < -0.39 is 0 Å². The van der Waals surface area contributed by atoms with Crippen molar-refractivity contribution in [2.75, 3.05) is 6.26 Å². The highest BCUT2D eigenvalue weighted by molar-refractivity contribution is 7.98. The summed E-state index contributed by atoms with van der Waals surface area (Å²) in [5.74, 6) is 0.342. The number of thioether (sulfide) groups is 1. The lowest BCUT2D eigenvalue weighted by Crippen LogP contribution is -2.37. The van der Waals surface area contributed by atoms with Gasteiger partial charge in [0.25, 0.3) is 0 Å². The Bertz CT molecular complexity index is 391. The minimum Gasteiger partial charge on any atom is -0.328 e. The molecule has 1 aliphatic carbocycles. The Hall–Kier alpha value is -0.250. The molecule has 1 aromatic rings. The van der Waals surface area contributed by atoms with Crippen molar-refractivity contribution < 1.29 is 4.39 Å². The Morgan fingerprint density at radius 1 is 1.50 bits per heavy atom. The van der Waals surface area contributed by atoms with Gasteiger partial charge in [0.15, 0.2) is 5.82 Å². The first-order valence-electron chi connectivity index (χ1n) is 5.37. The highest BCUT2D eigenvalue weighted by Crippen LogP contribution is 2.32. The molecule has 0 saturated heterocycles. The lowest BCUT2D eigenvalue weighted by atomic mass is 9.77. The third kappa shape index (κ3) is 2.53.